The summed E-state index contributed by atoms with van der Waals surface area (Å²) in [5, 5.41) is 2.47. The Morgan fingerprint density at radius 1 is 1.15 bits per heavy atom. The van der Waals surface area contributed by atoms with Gasteiger partial charge in [-0.2, -0.15) is 0 Å². The molecule has 2 amide bonds. The molecule has 0 fully saturated rings. The molecule has 0 saturated heterocycles. The summed E-state index contributed by atoms with van der Waals surface area (Å²) in [5.41, 5.74) is 1.83. The summed E-state index contributed by atoms with van der Waals surface area (Å²) in [6.07, 6.45) is 1.29. The number of halogens is 2. The van der Waals surface area contributed by atoms with Crippen LogP contribution in [-0.4, -0.2) is 50.5 Å². The van der Waals surface area contributed by atoms with Gasteiger partial charge < -0.3 is 10.2 Å². The second-order valence-electron chi connectivity index (χ2n) is 7.63. The highest BCUT2D eigenvalue weighted by Crippen LogP contribution is 2.25. The molecule has 33 heavy (non-hydrogen) atoms. The molecule has 0 spiro atoms. The van der Waals surface area contributed by atoms with E-state index < -0.39 is 34.3 Å². The predicted octanol–water partition coefficient (Wildman–Crippen LogP) is 3.50. The number of benzene rings is 2. The van der Waals surface area contributed by atoms with E-state index in [0.29, 0.717) is 13.0 Å². The quantitative estimate of drug-likeness (QED) is 0.544. The van der Waals surface area contributed by atoms with E-state index in [9.17, 15) is 22.4 Å². The van der Waals surface area contributed by atoms with Crippen molar-refractivity contribution in [3.8, 4) is 0 Å². The molecule has 0 unspecified atom stereocenters. The maximum absolute atomic E-state index is 13.6. The van der Waals surface area contributed by atoms with E-state index in [2.05, 4.69) is 5.32 Å². The predicted molar refractivity (Wildman–Crippen MR) is 128 cm³/mol. The first-order valence-electron chi connectivity index (χ1n) is 10.5. The Hall–Kier alpha value is -2.65. The molecule has 0 bridgehead atoms. The molecule has 0 aliphatic heterocycles. The van der Waals surface area contributed by atoms with E-state index in [-0.39, 0.29) is 23.2 Å². The zero-order valence-electron chi connectivity index (χ0n) is 19.1. The fourth-order valence-corrected chi connectivity index (χ4v) is 4.45. The zero-order chi connectivity index (χ0) is 24.8. The molecule has 0 heterocycles. The molecule has 0 saturated carbocycles. The third-order valence-corrected chi connectivity index (χ3v) is 6.64. The highest BCUT2D eigenvalue weighted by molar-refractivity contribution is 7.92. The van der Waals surface area contributed by atoms with Gasteiger partial charge in [0.15, 0.2) is 0 Å². The van der Waals surface area contributed by atoms with Gasteiger partial charge in [-0.15, -0.1) is 0 Å². The molecule has 0 aromatic heterocycles. The van der Waals surface area contributed by atoms with Gasteiger partial charge in [-0.05, 0) is 49.6 Å². The van der Waals surface area contributed by atoms with Gasteiger partial charge in [0.25, 0.3) is 0 Å². The van der Waals surface area contributed by atoms with Crippen molar-refractivity contribution in [2.45, 2.75) is 39.8 Å². The smallest absolute Gasteiger partial charge is 0.244 e. The summed E-state index contributed by atoms with van der Waals surface area (Å²) in [6, 6.07) is 10.1. The van der Waals surface area contributed by atoms with Crippen molar-refractivity contribution in [2.24, 2.45) is 0 Å². The molecular formula is C23H29ClFN3O4S. The molecule has 2 aromatic rings. The van der Waals surface area contributed by atoms with Crippen LogP contribution in [0, 0.1) is 12.7 Å². The second kappa shape index (κ2) is 11.5. The number of likely N-dealkylation sites (N-methyl/N-ethyl adjacent to an activating group) is 1. The van der Waals surface area contributed by atoms with Gasteiger partial charge in [-0.25, -0.2) is 12.8 Å². The van der Waals surface area contributed by atoms with Crippen LogP contribution >= 0.6 is 11.6 Å². The van der Waals surface area contributed by atoms with E-state index in [1.54, 1.807) is 13.8 Å². The fourth-order valence-electron chi connectivity index (χ4n) is 3.44. The highest BCUT2D eigenvalue weighted by Gasteiger charge is 2.31. The number of sulfonamides is 1. The van der Waals surface area contributed by atoms with Crippen LogP contribution < -0.4 is 9.62 Å². The molecule has 10 heteroatoms. The van der Waals surface area contributed by atoms with Crippen molar-refractivity contribution in [1.29, 1.82) is 0 Å². The van der Waals surface area contributed by atoms with Crippen molar-refractivity contribution < 1.29 is 22.4 Å². The van der Waals surface area contributed by atoms with Gasteiger partial charge >= 0.3 is 0 Å². The summed E-state index contributed by atoms with van der Waals surface area (Å²) >= 11 is 5.84. The number of carbonyl (C=O) groups is 2. The topological polar surface area (TPSA) is 86.8 Å². The van der Waals surface area contributed by atoms with Crippen molar-refractivity contribution in [1.82, 2.24) is 10.2 Å². The molecule has 0 radical (unpaired) electrons. The van der Waals surface area contributed by atoms with Gasteiger partial charge in [0.05, 0.1) is 17.0 Å². The third kappa shape index (κ3) is 6.91. The lowest BCUT2D eigenvalue weighted by atomic mass is 10.1. The van der Waals surface area contributed by atoms with E-state index in [4.69, 9.17) is 11.6 Å². The van der Waals surface area contributed by atoms with Crippen LogP contribution in [0.5, 0.6) is 0 Å². The number of anilines is 1. The minimum absolute atomic E-state index is 0.0548. The Bertz CT molecular complexity index is 1110. The van der Waals surface area contributed by atoms with Crippen LogP contribution in [0.3, 0.4) is 0 Å². The van der Waals surface area contributed by atoms with Crippen LogP contribution in [0.15, 0.2) is 42.5 Å². The van der Waals surface area contributed by atoms with Crippen LogP contribution in [-0.2, 0) is 26.2 Å². The molecule has 2 aromatic carbocycles. The van der Waals surface area contributed by atoms with Crippen molar-refractivity contribution >= 4 is 39.1 Å². The average Bonchev–Trinajstić information content (AvgIpc) is 2.74. The van der Waals surface area contributed by atoms with Crippen LogP contribution in [0.2, 0.25) is 5.02 Å². The number of nitrogens with zero attached hydrogens (tertiary/aromatic N) is 2. The Balaban J connectivity index is 2.47. The second-order valence-corrected chi connectivity index (χ2v) is 9.95. The molecule has 7 nitrogen and oxygen atoms in total. The van der Waals surface area contributed by atoms with E-state index in [0.717, 1.165) is 33.8 Å². The van der Waals surface area contributed by atoms with Gasteiger partial charge in [0.2, 0.25) is 21.8 Å². The number of amides is 2. The molecule has 1 atom stereocenters. The van der Waals surface area contributed by atoms with Gasteiger partial charge in [0.1, 0.15) is 18.4 Å². The van der Waals surface area contributed by atoms with Gasteiger partial charge in [-0.1, -0.05) is 42.8 Å². The molecular weight excluding hydrogens is 469 g/mol. The van der Waals surface area contributed by atoms with E-state index >= 15 is 0 Å². The van der Waals surface area contributed by atoms with E-state index in [1.165, 1.54) is 11.0 Å². The van der Waals surface area contributed by atoms with Crippen LogP contribution in [0.4, 0.5) is 10.1 Å². The summed E-state index contributed by atoms with van der Waals surface area (Å²) < 4.78 is 39.5. The maximum Gasteiger partial charge on any atom is 0.244 e. The number of carbonyl (C=O) groups excluding carboxylic acids is 2. The summed E-state index contributed by atoms with van der Waals surface area (Å²) in [6.45, 7) is 5.42. The zero-order valence-corrected chi connectivity index (χ0v) is 20.7. The summed E-state index contributed by atoms with van der Waals surface area (Å²) in [4.78, 5) is 27.6. The molecule has 180 valence electrons. The first-order valence-corrected chi connectivity index (χ1v) is 12.8. The molecule has 0 aliphatic carbocycles. The van der Waals surface area contributed by atoms with Crippen LogP contribution in [0.25, 0.3) is 0 Å². The number of hydrogen-bond donors (Lipinski definition) is 1. The highest BCUT2D eigenvalue weighted by atomic mass is 35.5. The number of aryl methyl sites for hydroxylation is 1. The summed E-state index contributed by atoms with van der Waals surface area (Å²) in [5.74, 6) is -1.59. The SMILES string of the molecule is CCNC(=O)[C@@H](CC)N(Cc1ccccc1C)C(=O)CN(c1ccc(F)c(Cl)c1)S(C)(=O)=O. The monoisotopic (exact) mass is 497 g/mol. The summed E-state index contributed by atoms with van der Waals surface area (Å²) in [7, 11) is -3.92. The van der Waals surface area contributed by atoms with Crippen molar-refractivity contribution in [3.05, 3.63) is 64.4 Å². The van der Waals surface area contributed by atoms with Gasteiger partial charge in [-0.3, -0.25) is 13.9 Å². The van der Waals surface area contributed by atoms with E-state index in [1.807, 2.05) is 31.2 Å². The Morgan fingerprint density at radius 3 is 2.36 bits per heavy atom. The maximum atomic E-state index is 13.6. The lowest BCUT2D eigenvalue weighted by Crippen LogP contribution is -2.52. The molecule has 1 N–H and O–H groups in total. The lowest BCUT2D eigenvalue weighted by Gasteiger charge is -2.33. The first kappa shape index (κ1) is 26.6. The lowest BCUT2D eigenvalue weighted by molar-refractivity contribution is -0.140. The van der Waals surface area contributed by atoms with Crippen molar-refractivity contribution in [3.63, 3.8) is 0 Å². The fraction of sp³-hybridized carbons (Fsp3) is 0.391. The molecule has 0 aliphatic rings. The number of rotatable bonds is 10. The molecule has 2 rings (SSSR count). The standard InChI is InChI=1S/C23H29ClFN3O4S/c1-5-21(23(30)26-6-2)27(14-17-10-8-7-9-16(17)3)22(29)15-28(33(4,31)32)18-11-12-20(25)19(24)13-18/h7-13,21H,5-6,14-15H2,1-4H3,(H,26,30)/t21-/m1/s1. The number of nitrogens with one attached hydrogen (secondary N) is 1. The largest absolute Gasteiger partial charge is 0.355 e. The average molecular weight is 498 g/mol. The van der Waals surface area contributed by atoms with Crippen LogP contribution in [0.1, 0.15) is 31.4 Å². The van der Waals surface area contributed by atoms with Gasteiger partial charge in [0, 0.05) is 13.1 Å². The van der Waals surface area contributed by atoms with Crippen molar-refractivity contribution in [2.75, 3.05) is 23.7 Å². The Labute approximate surface area is 199 Å². The minimum atomic E-state index is -3.92. The minimum Gasteiger partial charge on any atom is -0.355 e. The number of hydrogen-bond acceptors (Lipinski definition) is 4. The normalized spacial score (nSPS) is 12.2. The first-order chi connectivity index (χ1) is 15.5. The Morgan fingerprint density at radius 2 is 1.82 bits per heavy atom. The third-order valence-electron chi connectivity index (χ3n) is 5.21. The Kier molecular flexibility index (Phi) is 9.25.